The largest absolute Gasteiger partial charge is 0.509 e. The number of H-pyrrole nitrogens is 1. The van der Waals surface area contributed by atoms with Crippen molar-refractivity contribution >= 4 is 41.0 Å². The van der Waals surface area contributed by atoms with E-state index in [4.69, 9.17) is 18.9 Å². The van der Waals surface area contributed by atoms with Gasteiger partial charge in [-0.3, -0.25) is 29.3 Å². The van der Waals surface area contributed by atoms with Crippen LogP contribution < -0.4 is 15.8 Å². The third kappa shape index (κ3) is 7.66. The maximum absolute atomic E-state index is 13.0. The average molecular weight is 634 g/mol. The number of benzene rings is 1. The molecule has 1 aromatic carbocycles. The van der Waals surface area contributed by atoms with Gasteiger partial charge in [0.15, 0.2) is 11.2 Å². The number of ether oxygens (including phenoxy) is 4. The van der Waals surface area contributed by atoms with Gasteiger partial charge in [0, 0.05) is 32.5 Å². The summed E-state index contributed by atoms with van der Waals surface area (Å²) in [6.45, 7) is 4.69. The normalized spacial score (nSPS) is 18.2. The lowest BCUT2D eigenvalue weighted by atomic mass is 10.1. The molecule has 46 heavy (non-hydrogen) atoms. The fourth-order valence-electron chi connectivity index (χ4n) is 4.92. The Balaban J connectivity index is 1.29. The van der Waals surface area contributed by atoms with E-state index < -0.39 is 42.2 Å². The number of fused-ring (bicyclic) bond motifs is 1. The molecule has 1 aliphatic rings. The molecule has 15 nitrogen and oxygen atoms in total. The van der Waals surface area contributed by atoms with E-state index in [0.717, 1.165) is 5.56 Å². The Morgan fingerprint density at radius 1 is 1.13 bits per heavy atom. The van der Waals surface area contributed by atoms with E-state index in [2.05, 4.69) is 25.3 Å². The standard InChI is InChI=1S/C31H35N7O8/c1-18(2)28(40)35-30-34-27-26(29(41)36-30)33-17-38(27)25-14-21(44-19(3)39)23(45-25)16-43-31(42)46-22(20-10-6-5-7-11-20)15-37(4)24-12-8-9-13-32-24/h5-13,17-18,21-23,25H,14-16H2,1-4H3,(H2,34,35,36,40,41)/t21-,22?,23+,25+/m0/s1. The van der Waals surface area contributed by atoms with Crippen LogP contribution in [0.25, 0.3) is 11.2 Å². The molecule has 4 aromatic rings. The number of nitrogens with one attached hydrogen (secondary N) is 2. The lowest BCUT2D eigenvalue weighted by Crippen LogP contribution is -2.33. The Labute approximate surface area is 263 Å². The van der Waals surface area contributed by atoms with Crippen molar-refractivity contribution < 1.29 is 33.3 Å². The van der Waals surface area contributed by atoms with Gasteiger partial charge in [0.1, 0.15) is 37.0 Å². The van der Waals surface area contributed by atoms with E-state index in [1.807, 2.05) is 60.5 Å². The Morgan fingerprint density at radius 3 is 2.59 bits per heavy atom. The molecule has 242 valence electrons. The monoisotopic (exact) mass is 633 g/mol. The molecule has 4 atom stereocenters. The topological polar surface area (TPSA) is 180 Å². The summed E-state index contributed by atoms with van der Waals surface area (Å²) in [5, 5.41) is 2.57. The Morgan fingerprint density at radius 2 is 1.89 bits per heavy atom. The number of hydrogen-bond acceptors (Lipinski definition) is 12. The second kappa shape index (κ2) is 14.2. The molecule has 1 unspecified atom stereocenters. The van der Waals surface area contributed by atoms with E-state index in [9.17, 15) is 19.2 Å². The predicted molar refractivity (Wildman–Crippen MR) is 165 cm³/mol. The summed E-state index contributed by atoms with van der Waals surface area (Å²) in [5.41, 5.74) is 0.386. The third-order valence-electron chi connectivity index (χ3n) is 7.26. The lowest BCUT2D eigenvalue weighted by Gasteiger charge is -2.25. The zero-order chi connectivity index (χ0) is 32.8. The fraction of sp³-hybridized carbons (Fsp3) is 0.387. The molecule has 3 aromatic heterocycles. The van der Waals surface area contributed by atoms with Gasteiger partial charge in [0.2, 0.25) is 11.9 Å². The molecule has 5 rings (SSSR count). The number of nitrogens with zero attached hydrogens (tertiary/aromatic N) is 5. The Kier molecular flexibility index (Phi) is 9.91. The van der Waals surface area contributed by atoms with Gasteiger partial charge in [-0.05, 0) is 17.7 Å². The number of imidazole rings is 1. The molecule has 0 bridgehead atoms. The highest BCUT2D eigenvalue weighted by atomic mass is 16.7. The summed E-state index contributed by atoms with van der Waals surface area (Å²) < 4.78 is 24.4. The molecule has 1 aliphatic heterocycles. The van der Waals surface area contributed by atoms with Gasteiger partial charge >= 0.3 is 12.1 Å². The fourth-order valence-corrected chi connectivity index (χ4v) is 4.92. The van der Waals surface area contributed by atoms with E-state index in [1.54, 1.807) is 20.0 Å². The van der Waals surface area contributed by atoms with Crippen molar-refractivity contribution in [2.75, 3.05) is 30.4 Å². The van der Waals surface area contributed by atoms with Crippen LogP contribution in [0.15, 0.2) is 65.8 Å². The number of hydrogen-bond donors (Lipinski definition) is 2. The van der Waals surface area contributed by atoms with Crippen LogP contribution in [0.3, 0.4) is 0 Å². The minimum Gasteiger partial charge on any atom is -0.459 e. The van der Waals surface area contributed by atoms with Gasteiger partial charge in [0.25, 0.3) is 5.56 Å². The van der Waals surface area contributed by atoms with Crippen LogP contribution in [0.5, 0.6) is 0 Å². The van der Waals surface area contributed by atoms with Crippen LogP contribution in [0.1, 0.15) is 45.1 Å². The van der Waals surface area contributed by atoms with Crippen LogP contribution in [0.2, 0.25) is 0 Å². The van der Waals surface area contributed by atoms with Crippen LogP contribution in [-0.4, -0.2) is 74.9 Å². The molecule has 0 saturated carbocycles. The van der Waals surface area contributed by atoms with Crippen molar-refractivity contribution in [1.29, 1.82) is 0 Å². The molecule has 1 amide bonds. The number of likely N-dealkylation sites (N-methyl/N-ethyl adjacent to an activating group) is 1. The lowest BCUT2D eigenvalue weighted by molar-refractivity contribution is -0.150. The molecule has 1 saturated heterocycles. The van der Waals surface area contributed by atoms with Gasteiger partial charge in [-0.2, -0.15) is 4.98 Å². The molecule has 2 N–H and O–H groups in total. The molecular formula is C31H35N7O8. The van der Waals surface area contributed by atoms with E-state index in [0.29, 0.717) is 12.4 Å². The number of rotatable bonds is 11. The van der Waals surface area contributed by atoms with Crippen molar-refractivity contribution in [3.63, 3.8) is 0 Å². The molecule has 0 radical (unpaired) electrons. The molecule has 0 spiro atoms. The number of anilines is 2. The number of aromatic amines is 1. The van der Waals surface area contributed by atoms with Crippen LogP contribution >= 0.6 is 0 Å². The molecular weight excluding hydrogens is 598 g/mol. The van der Waals surface area contributed by atoms with E-state index >= 15 is 0 Å². The first-order chi connectivity index (χ1) is 22.1. The second-order valence-corrected chi connectivity index (χ2v) is 11.0. The molecule has 0 aliphatic carbocycles. The molecule has 1 fully saturated rings. The number of aromatic nitrogens is 5. The zero-order valence-electron chi connectivity index (χ0n) is 25.8. The van der Waals surface area contributed by atoms with E-state index in [1.165, 1.54) is 17.8 Å². The van der Waals surface area contributed by atoms with Crippen molar-refractivity contribution in [1.82, 2.24) is 24.5 Å². The quantitative estimate of drug-likeness (QED) is 0.230. The summed E-state index contributed by atoms with van der Waals surface area (Å²) in [7, 11) is 1.84. The van der Waals surface area contributed by atoms with Gasteiger partial charge in [-0.25, -0.2) is 14.8 Å². The summed E-state index contributed by atoms with van der Waals surface area (Å²) in [5.74, 6) is -0.565. The Hall–Kier alpha value is -5.31. The molecule has 4 heterocycles. The first-order valence-corrected chi connectivity index (χ1v) is 14.7. The highest BCUT2D eigenvalue weighted by Gasteiger charge is 2.40. The number of amides is 1. The van der Waals surface area contributed by atoms with Crippen molar-refractivity contribution in [3.8, 4) is 0 Å². The highest BCUT2D eigenvalue weighted by molar-refractivity contribution is 5.91. The number of carbonyl (C=O) groups excluding carboxylic acids is 3. The smallest absolute Gasteiger partial charge is 0.459 e. The van der Waals surface area contributed by atoms with Gasteiger partial charge in [-0.15, -0.1) is 0 Å². The van der Waals surface area contributed by atoms with Crippen molar-refractivity contribution in [2.45, 2.75) is 51.7 Å². The summed E-state index contributed by atoms with van der Waals surface area (Å²) in [6, 6.07) is 14.8. The minimum absolute atomic E-state index is 0.0288. The van der Waals surface area contributed by atoms with Crippen LogP contribution in [-0.2, 0) is 28.5 Å². The summed E-state index contributed by atoms with van der Waals surface area (Å²) in [6.07, 6.45) is -0.878. The van der Waals surface area contributed by atoms with Gasteiger partial charge in [-0.1, -0.05) is 50.2 Å². The summed E-state index contributed by atoms with van der Waals surface area (Å²) >= 11 is 0. The maximum atomic E-state index is 13.0. The van der Waals surface area contributed by atoms with Gasteiger partial charge in [0.05, 0.1) is 12.9 Å². The Bertz CT molecular complexity index is 1730. The minimum atomic E-state index is -0.941. The highest BCUT2D eigenvalue weighted by Crippen LogP contribution is 2.33. The second-order valence-electron chi connectivity index (χ2n) is 11.0. The predicted octanol–water partition coefficient (Wildman–Crippen LogP) is 3.36. The van der Waals surface area contributed by atoms with Crippen molar-refractivity contribution in [3.05, 3.63) is 77.0 Å². The van der Waals surface area contributed by atoms with Crippen molar-refractivity contribution in [2.24, 2.45) is 5.92 Å². The van der Waals surface area contributed by atoms with Crippen LogP contribution in [0, 0.1) is 5.92 Å². The first kappa shape index (κ1) is 32.1. The maximum Gasteiger partial charge on any atom is 0.509 e. The average Bonchev–Trinajstić information content (AvgIpc) is 3.64. The van der Waals surface area contributed by atoms with Gasteiger partial charge < -0.3 is 23.8 Å². The number of esters is 1. The van der Waals surface area contributed by atoms with E-state index in [-0.39, 0.29) is 42.0 Å². The number of carbonyl (C=O) groups is 3. The summed E-state index contributed by atoms with van der Waals surface area (Å²) in [4.78, 5) is 67.0. The number of pyridine rings is 1. The SMILES string of the molecule is CC(=O)O[C@H]1C[C@H](n2cnc3c(=O)[nH]c(NC(=O)C(C)C)nc32)O[C@@H]1COC(=O)OC(CN(C)c1ccccn1)c1ccccc1. The van der Waals surface area contributed by atoms with Crippen LogP contribution in [0.4, 0.5) is 16.6 Å². The third-order valence-corrected chi connectivity index (χ3v) is 7.26. The zero-order valence-corrected chi connectivity index (χ0v) is 25.8. The molecule has 15 heteroatoms. The first-order valence-electron chi connectivity index (χ1n) is 14.7.